The topological polar surface area (TPSA) is 113 Å². The summed E-state index contributed by atoms with van der Waals surface area (Å²) >= 11 is 7.37. The predicted octanol–water partition coefficient (Wildman–Crippen LogP) is 4.75. The molecule has 8 heteroatoms. The molecule has 4 N–H and O–H groups in total. The first-order valence-electron chi connectivity index (χ1n) is 8.51. The van der Waals surface area contributed by atoms with Crippen molar-refractivity contribution in [3.63, 3.8) is 0 Å². The number of hydrogen-bond donors (Lipinski definition) is 3. The minimum absolute atomic E-state index is 0.00970. The first-order valence-corrected chi connectivity index (χ1v) is 9.77. The second-order valence-electron chi connectivity index (χ2n) is 6.27. The van der Waals surface area contributed by atoms with E-state index in [4.69, 9.17) is 22.4 Å². The Hall–Kier alpha value is -3.16. The summed E-state index contributed by atoms with van der Waals surface area (Å²) in [4.78, 5) is 28.3. The van der Waals surface area contributed by atoms with Crippen molar-refractivity contribution < 1.29 is 19.8 Å². The van der Waals surface area contributed by atoms with Crippen molar-refractivity contribution in [3.05, 3.63) is 69.6 Å². The molecule has 0 amide bonds. The average Bonchev–Trinajstić information content (AvgIpc) is 3.07. The van der Waals surface area contributed by atoms with E-state index in [1.807, 2.05) is 6.07 Å². The van der Waals surface area contributed by atoms with Gasteiger partial charge in [0.1, 0.15) is 12.3 Å². The van der Waals surface area contributed by atoms with Gasteiger partial charge < -0.3 is 15.9 Å². The molecule has 3 aromatic rings. The smallest absolute Gasteiger partial charge is 0.335 e. The van der Waals surface area contributed by atoms with Crippen LogP contribution in [0.1, 0.15) is 33.2 Å². The zero-order chi connectivity index (χ0) is 21.1. The number of nitrogens with zero attached hydrogens (tertiary/aromatic N) is 1. The molecule has 0 saturated carbocycles. The fraction of sp³-hybridized carbons (Fsp3) is 0.0952. The van der Waals surface area contributed by atoms with Crippen molar-refractivity contribution >= 4 is 46.1 Å². The number of ketones is 1. The number of nitrogens with two attached hydrogens (primary N) is 1. The molecule has 0 aliphatic heterocycles. The zero-order valence-electron chi connectivity index (χ0n) is 15.3. The van der Waals surface area contributed by atoms with Gasteiger partial charge in [0, 0.05) is 32.9 Å². The Bertz CT molecular complexity index is 1140. The number of aromatic hydroxyl groups is 1. The van der Waals surface area contributed by atoms with E-state index in [2.05, 4.69) is 4.99 Å². The molecule has 0 unspecified atom stereocenters. The van der Waals surface area contributed by atoms with Crippen LogP contribution in [0, 0.1) is 0 Å². The standard InChI is InChI=1S/C21H17ClN2O4S/c1-11(16-10-29-20(19(16)26)12-3-2-4-14(22)7-12)24-9-18(25)15-6-5-13(21(27)28)8-17(15)23/h2-8,10,26H,9,23H2,1H3,(H,27,28). The minimum Gasteiger partial charge on any atom is -0.506 e. The van der Waals surface area contributed by atoms with Crippen LogP contribution < -0.4 is 5.73 Å². The highest BCUT2D eigenvalue weighted by Crippen LogP contribution is 2.39. The maximum atomic E-state index is 12.4. The molecule has 2 aromatic carbocycles. The number of rotatable bonds is 6. The molecule has 3 rings (SSSR count). The van der Waals surface area contributed by atoms with Crippen LogP contribution in [0.2, 0.25) is 5.02 Å². The van der Waals surface area contributed by atoms with Gasteiger partial charge in [-0.15, -0.1) is 11.3 Å². The summed E-state index contributed by atoms with van der Waals surface area (Å²) in [5.41, 5.74) is 7.93. The van der Waals surface area contributed by atoms with Crippen LogP contribution in [-0.4, -0.2) is 34.2 Å². The number of carbonyl (C=O) groups is 2. The monoisotopic (exact) mass is 428 g/mol. The van der Waals surface area contributed by atoms with Crippen molar-refractivity contribution in [3.8, 4) is 16.2 Å². The number of carboxylic acid groups (broad SMARTS) is 1. The second-order valence-corrected chi connectivity index (χ2v) is 7.59. The molecule has 0 aliphatic rings. The molecule has 0 spiro atoms. The fourth-order valence-corrected chi connectivity index (χ4v) is 3.95. The summed E-state index contributed by atoms with van der Waals surface area (Å²) in [5.74, 6) is -1.38. The SMILES string of the molecule is CC(=NCC(=O)c1ccc(C(=O)O)cc1N)c1csc(-c2cccc(Cl)c2)c1O. The van der Waals surface area contributed by atoms with E-state index in [1.54, 1.807) is 30.5 Å². The third-order valence-corrected chi connectivity index (χ3v) is 5.55. The number of aliphatic imine (C=N–C) groups is 1. The van der Waals surface area contributed by atoms with Crippen molar-refractivity contribution in [2.75, 3.05) is 12.3 Å². The van der Waals surface area contributed by atoms with Gasteiger partial charge in [-0.1, -0.05) is 23.7 Å². The lowest BCUT2D eigenvalue weighted by Gasteiger charge is -2.05. The number of Topliss-reactive ketones (excluding diaryl/α,β-unsaturated/α-hetero) is 1. The van der Waals surface area contributed by atoms with Gasteiger partial charge in [0.25, 0.3) is 0 Å². The van der Waals surface area contributed by atoms with E-state index in [0.29, 0.717) is 21.2 Å². The van der Waals surface area contributed by atoms with E-state index in [0.717, 1.165) is 5.56 Å². The number of hydrogen-bond acceptors (Lipinski definition) is 6. The zero-order valence-corrected chi connectivity index (χ0v) is 16.9. The maximum Gasteiger partial charge on any atom is 0.335 e. The Kier molecular flexibility index (Phi) is 6.00. The van der Waals surface area contributed by atoms with Crippen LogP contribution in [0.4, 0.5) is 5.69 Å². The van der Waals surface area contributed by atoms with E-state index in [1.165, 1.54) is 29.5 Å². The average molecular weight is 429 g/mol. The van der Waals surface area contributed by atoms with E-state index < -0.39 is 5.97 Å². The second kappa shape index (κ2) is 8.46. The summed E-state index contributed by atoms with van der Waals surface area (Å²) in [7, 11) is 0. The molecule has 0 saturated heterocycles. The van der Waals surface area contributed by atoms with Crippen molar-refractivity contribution in [1.29, 1.82) is 0 Å². The van der Waals surface area contributed by atoms with Crippen molar-refractivity contribution in [2.45, 2.75) is 6.92 Å². The van der Waals surface area contributed by atoms with Crippen LogP contribution in [0.15, 0.2) is 52.8 Å². The van der Waals surface area contributed by atoms with Crippen LogP contribution in [-0.2, 0) is 0 Å². The molecular formula is C21H17ClN2O4S. The molecular weight excluding hydrogens is 412 g/mol. The minimum atomic E-state index is -1.12. The number of benzene rings is 2. The molecule has 0 bridgehead atoms. The molecule has 148 valence electrons. The highest BCUT2D eigenvalue weighted by molar-refractivity contribution is 7.14. The van der Waals surface area contributed by atoms with Gasteiger partial charge in [-0.3, -0.25) is 9.79 Å². The number of carboxylic acids is 1. The van der Waals surface area contributed by atoms with E-state index in [-0.39, 0.29) is 34.9 Å². The summed E-state index contributed by atoms with van der Waals surface area (Å²) in [6.07, 6.45) is 0. The van der Waals surface area contributed by atoms with Crippen molar-refractivity contribution in [2.24, 2.45) is 4.99 Å². The van der Waals surface area contributed by atoms with E-state index in [9.17, 15) is 14.7 Å². The summed E-state index contributed by atoms with van der Waals surface area (Å²) in [6, 6.07) is 11.1. The molecule has 1 heterocycles. The van der Waals surface area contributed by atoms with Crippen molar-refractivity contribution in [1.82, 2.24) is 0 Å². The summed E-state index contributed by atoms with van der Waals surface area (Å²) in [5, 5.41) is 21.9. The van der Waals surface area contributed by atoms with Gasteiger partial charge >= 0.3 is 5.97 Å². The molecule has 6 nitrogen and oxygen atoms in total. The summed E-state index contributed by atoms with van der Waals surface area (Å²) in [6.45, 7) is 1.53. The van der Waals surface area contributed by atoms with Gasteiger partial charge in [-0.25, -0.2) is 4.79 Å². The number of nitrogen functional groups attached to an aromatic ring is 1. The fourth-order valence-electron chi connectivity index (χ4n) is 2.75. The van der Waals surface area contributed by atoms with Gasteiger partial charge in [-0.05, 0) is 42.8 Å². The van der Waals surface area contributed by atoms with Gasteiger partial charge in [0.2, 0.25) is 0 Å². The van der Waals surface area contributed by atoms with Crippen LogP contribution in [0.3, 0.4) is 0 Å². The number of halogens is 1. The lowest BCUT2D eigenvalue weighted by Crippen LogP contribution is -2.10. The lowest BCUT2D eigenvalue weighted by molar-refractivity contribution is 0.0696. The molecule has 1 aromatic heterocycles. The van der Waals surface area contributed by atoms with Crippen LogP contribution in [0.5, 0.6) is 5.75 Å². The third-order valence-electron chi connectivity index (χ3n) is 4.30. The Morgan fingerprint density at radius 2 is 1.93 bits per heavy atom. The van der Waals surface area contributed by atoms with E-state index >= 15 is 0 Å². The number of thiophene rings is 1. The molecule has 0 fully saturated rings. The van der Waals surface area contributed by atoms with Gasteiger partial charge in [0.05, 0.1) is 10.4 Å². The third kappa shape index (κ3) is 4.47. The molecule has 0 atom stereocenters. The Morgan fingerprint density at radius 3 is 2.59 bits per heavy atom. The van der Waals surface area contributed by atoms with Crippen LogP contribution in [0.25, 0.3) is 10.4 Å². The first kappa shape index (κ1) is 20.6. The Labute approximate surface area is 175 Å². The molecule has 29 heavy (non-hydrogen) atoms. The first-order chi connectivity index (χ1) is 13.8. The molecule has 0 aliphatic carbocycles. The van der Waals surface area contributed by atoms with Gasteiger partial charge in [-0.2, -0.15) is 0 Å². The number of carbonyl (C=O) groups excluding carboxylic acids is 1. The molecule has 0 radical (unpaired) electrons. The Balaban J connectivity index is 1.80. The normalized spacial score (nSPS) is 11.4. The summed E-state index contributed by atoms with van der Waals surface area (Å²) < 4.78 is 0. The number of aromatic carboxylic acids is 1. The Morgan fingerprint density at radius 1 is 1.17 bits per heavy atom. The maximum absolute atomic E-state index is 12.4. The lowest BCUT2D eigenvalue weighted by atomic mass is 10.1. The predicted molar refractivity (Wildman–Crippen MR) is 116 cm³/mol. The number of anilines is 1. The highest BCUT2D eigenvalue weighted by atomic mass is 35.5. The van der Waals surface area contributed by atoms with Crippen LogP contribution >= 0.6 is 22.9 Å². The quantitative estimate of drug-likeness (QED) is 0.298. The van der Waals surface area contributed by atoms with Gasteiger partial charge in [0.15, 0.2) is 5.78 Å². The largest absolute Gasteiger partial charge is 0.506 e. The highest BCUT2D eigenvalue weighted by Gasteiger charge is 2.16.